The molecule has 0 spiro atoms. The average Bonchev–Trinajstić information content (AvgIpc) is 2.69. The van der Waals surface area contributed by atoms with Crippen LogP contribution in [0.25, 0.3) is 0 Å². The molecule has 26 heavy (non-hydrogen) atoms. The van der Waals surface area contributed by atoms with Crippen LogP contribution in [-0.2, 0) is 13.1 Å². The van der Waals surface area contributed by atoms with Crippen LogP contribution in [0.1, 0.15) is 36.8 Å². The molecule has 0 fully saturated rings. The smallest absolute Gasteiger partial charge is 0.119 e. The molecule has 2 rings (SSSR count). The van der Waals surface area contributed by atoms with Gasteiger partial charge in [-0.05, 0) is 61.3 Å². The summed E-state index contributed by atoms with van der Waals surface area (Å²) >= 11 is 0. The van der Waals surface area contributed by atoms with Crippen molar-refractivity contribution in [2.45, 2.75) is 38.8 Å². The van der Waals surface area contributed by atoms with E-state index in [1.807, 2.05) is 24.3 Å². The maximum Gasteiger partial charge on any atom is 0.119 e. The average molecular weight is 357 g/mol. The summed E-state index contributed by atoms with van der Waals surface area (Å²) in [6.07, 6.45) is 4.98. The Kier molecular flexibility index (Phi) is 9.62. The molecule has 142 valence electrons. The summed E-state index contributed by atoms with van der Waals surface area (Å²) in [5.74, 6) is 1.84. The molecule has 0 amide bonds. The standard InChI is InChI=1S/C22H32N2O2/c1-25-21-11-7-9-19(15-21)17-23-13-5-3-4-6-14-24-18-20-10-8-12-22(16-20)26-2/h7-12,15-16,23-24H,3-6,13-14,17-18H2,1-2H3. The number of hydrogen-bond acceptors (Lipinski definition) is 4. The van der Waals surface area contributed by atoms with Gasteiger partial charge >= 0.3 is 0 Å². The first-order chi connectivity index (χ1) is 12.8. The zero-order valence-electron chi connectivity index (χ0n) is 16.1. The minimum absolute atomic E-state index is 0.902. The fourth-order valence-corrected chi connectivity index (χ4v) is 2.88. The van der Waals surface area contributed by atoms with Crippen molar-refractivity contribution in [2.24, 2.45) is 0 Å². The topological polar surface area (TPSA) is 42.5 Å². The van der Waals surface area contributed by atoms with Crippen LogP contribution in [0.5, 0.6) is 11.5 Å². The molecule has 0 unspecified atom stereocenters. The summed E-state index contributed by atoms with van der Waals surface area (Å²) in [4.78, 5) is 0. The van der Waals surface area contributed by atoms with E-state index in [-0.39, 0.29) is 0 Å². The third-order valence-electron chi connectivity index (χ3n) is 4.38. The second-order valence-electron chi connectivity index (χ2n) is 6.47. The summed E-state index contributed by atoms with van der Waals surface area (Å²) < 4.78 is 10.5. The lowest BCUT2D eigenvalue weighted by atomic mass is 10.1. The molecule has 0 aromatic heterocycles. The number of rotatable bonds is 13. The molecule has 0 saturated carbocycles. The van der Waals surface area contributed by atoms with E-state index in [2.05, 4.69) is 34.9 Å². The van der Waals surface area contributed by atoms with Crippen molar-refractivity contribution in [2.75, 3.05) is 27.3 Å². The van der Waals surface area contributed by atoms with Gasteiger partial charge in [-0.25, -0.2) is 0 Å². The van der Waals surface area contributed by atoms with Gasteiger partial charge in [-0.1, -0.05) is 37.1 Å². The largest absolute Gasteiger partial charge is 0.497 e. The van der Waals surface area contributed by atoms with E-state index in [9.17, 15) is 0 Å². The van der Waals surface area contributed by atoms with E-state index in [1.165, 1.54) is 36.8 Å². The molecule has 0 aliphatic rings. The van der Waals surface area contributed by atoms with Crippen LogP contribution in [0.3, 0.4) is 0 Å². The van der Waals surface area contributed by atoms with Gasteiger partial charge < -0.3 is 20.1 Å². The molecule has 0 bridgehead atoms. The quantitative estimate of drug-likeness (QED) is 0.529. The predicted molar refractivity (Wildman–Crippen MR) is 108 cm³/mol. The molecule has 0 saturated heterocycles. The molecule has 4 heteroatoms. The Labute approximate surface area is 157 Å². The third-order valence-corrected chi connectivity index (χ3v) is 4.38. The third kappa shape index (κ3) is 7.89. The number of benzene rings is 2. The molecule has 0 radical (unpaired) electrons. The first-order valence-electron chi connectivity index (χ1n) is 9.49. The monoisotopic (exact) mass is 356 g/mol. The maximum absolute atomic E-state index is 5.25. The number of unbranched alkanes of at least 4 members (excludes halogenated alkanes) is 3. The summed E-state index contributed by atoms with van der Waals surface area (Å²) in [7, 11) is 3.41. The predicted octanol–water partition coefficient (Wildman–Crippen LogP) is 4.14. The van der Waals surface area contributed by atoms with Gasteiger partial charge in [0.05, 0.1) is 14.2 Å². The molecule has 2 N–H and O–H groups in total. The fourth-order valence-electron chi connectivity index (χ4n) is 2.88. The van der Waals surface area contributed by atoms with Crippen molar-refractivity contribution >= 4 is 0 Å². The zero-order chi connectivity index (χ0) is 18.5. The molecular weight excluding hydrogens is 324 g/mol. The number of methoxy groups -OCH3 is 2. The number of ether oxygens (including phenoxy) is 2. The van der Waals surface area contributed by atoms with E-state index in [1.54, 1.807) is 14.2 Å². The van der Waals surface area contributed by atoms with Gasteiger partial charge in [0.25, 0.3) is 0 Å². The lowest BCUT2D eigenvalue weighted by Gasteiger charge is -2.08. The van der Waals surface area contributed by atoms with Crippen molar-refractivity contribution in [3.05, 3.63) is 59.7 Å². The van der Waals surface area contributed by atoms with Crippen molar-refractivity contribution in [1.29, 1.82) is 0 Å². The molecular formula is C22H32N2O2. The lowest BCUT2D eigenvalue weighted by Crippen LogP contribution is -2.16. The van der Waals surface area contributed by atoms with Crippen LogP contribution in [0.4, 0.5) is 0 Å². The normalized spacial score (nSPS) is 10.7. The number of hydrogen-bond donors (Lipinski definition) is 2. The maximum atomic E-state index is 5.25. The first kappa shape index (κ1) is 20.3. The Bertz CT molecular complexity index is 576. The minimum Gasteiger partial charge on any atom is -0.497 e. The molecule has 0 aliphatic carbocycles. The van der Waals surface area contributed by atoms with Crippen LogP contribution in [0.15, 0.2) is 48.5 Å². The molecule has 0 aliphatic heterocycles. The van der Waals surface area contributed by atoms with Crippen molar-refractivity contribution < 1.29 is 9.47 Å². The van der Waals surface area contributed by atoms with Gasteiger partial charge in [0, 0.05) is 13.1 Å². The van der Waals surface area contributed by atoms with Crippen LogP contribution in [0, 0.1) is 0 Å². The molecule has 0 atom stereocenters. The summed E-state index contributed by atoms with van der Waals surface area (Å²) in [5.41, 5.74) is 2.54. The Morgan fingerprint density at radius 1 is 0.654 bits per heavy atom. The second-order valence-corrected chi connectivity index (χ2v) is 6.47. The van der Waals surface area contributed by atoms with Gasteiger partial charge in [-0.3, -0.25) is 0 Å². The van der Waals surface area contributed by atoms with Crippen molar-refractivity contribution in [1.82, 2.24) is 10.6 Å². The highest BCUT2D eigenvalue weighted by Crippen LogP contribution is 2.13. The van der Waals surface area contributed by atoms with Crippen LogP contribution >= 0.6 is 0 Å². The van der Waals surface area contributed by atoms with Gasteiger partial charge in [0.1, 0.15) is 11.5 Å². The highest BCUT2D eigenvalue weighted by atomic mass is 16.5. The van der Waals surface area contributed by atoms with Gasteiger partial charge in [-0.2, -0.15) is 0 Å². The van der Waals surface area contributed by atoms with Gasteiger partial charge in [-0.15, -0.1) is 0 Å². The Balaban J connectivity index is 1.44. The van der Waals surface area contributed by atoms with E-state index in [0.717, 1.165) is 37.7 Å². The van der Waals surface area contributed by atoms with Crippen molar-refractivity contribution in [3.8, 4) is 11.5 Å². The highest BCUT2D eigenvalue weighted by molar-refractivity contribution is 5.28. The van der Waals surface area contributed by atoms with Gasteiger partial charge in [0.15, 0.2) is 0 Å². The van der Waals surface area contributed by atoms with E-state index < -0.39 is 0 Å². The molecule has 0 heterocycles. The van der Waals surface area contributed by atoms with Crippen LogP contribution in [0.2, 0.25) is 0 Å². The number of nitrogens with one attached hydrogen (secondary N) is 2. The fraction of sp³-hybridized carbons (Fsp3) is 0.455. The van der Waals surface area contributed by atoms with E-state index in [4.69, 9.17) is 9.47 Å². The first-order valence-corrected chi connectivity index (χ1v) is 9.49. The highest BCUT2D eigenvalue weighted by Gasteiger charge is 1.97. The van der Waals surface area contributed by atoms with Gasteiger partial charge in [0.2, 0.25) is 0 Å². The van der Waals surface area contributed by atoms with E-state index >= 15 is 0 Å². The summed E-state index contributed by atoms with van der Waals surface area (Å²) in [6, 6.07) is 16.5. The van der Waals surface area contributed by atoms with Crippen molar-refractivity contribution in [3.63, 3.8) is 0 Å². The minimum atomic E-state index is 0.902. The Hall–Kier alpha value is -2.04. The molecule has 2 aromatic rings. The zero-order valence-corrected chi connectivity index (χ0v) is 16.1. The SMILES string of the molecule is COc1cccc(CNCCCCCCNCc2cccc(OC)c2)c1. The molecule has 2 aromatic carbocycles. The summed E-state index contributed by atoms with van der Waals surface area (Å²) in [6.45, 7) is 3.93. The Morgan fingerprint density at radius 2 is 1.12 bits per heavy atom. The summed E-state index contributed by atoms with van der Waals surface area (Å²) in [5, 5.41) is 7.01. The Morgan fingerprint density at radius 3 is 1.54 bits per heavy atom. The second kappa shape index (κ2) is 12.3. The lowest BCUT2D eigenvalue weighted by molar-refractivity contribution is 0.414. The van der Waals surface area contributed by atoms with Crippen LogP contribution in [-0.4, -0.2) is 27.3 Å². The van der Waals surface area contributed by atoms with Crippen LogP contribution < -0.4 is 20.1 Å². The van der Waals surface area contributed by atoms with E-state index in [0.29, 0.717) is 0 Å². The molecule has 4 nitrogen and oxygen atoms in total.